The normalized spacial score (nSPS) is 22.0. The molecule has 28 heavy (non-hydrogen) atoms. The summed E-state index contributed by atoms with van der Waals surface area (Å²) in [5.74, 6) is 0.797. The van der Waals surface area contributed by atoms with Gasteiger partial charge in [0.25, 0.3) is 0 Å². The number of methoxy groups -OCH3 is 1. The Hall–Kier alpha value is -1.44. The molecular formula is C21H37N5O2. The highest BCUT2D eigenvalue weighted by molar-refractivity contribution is 5.76. The Morgan fingerprint density at radius 3 is 2.71 bits per heavy atom. The van der Waals surface area contributed by atoms with Gasteiger partial charge in [0.15, 0.2) is 0 Å². The monoisotopic (exact) mass is 391 g/mol. The van der Waals surface area contributed by atoms with Crippen LogP contribution >= 0.6 is 0 Å². The molecule has 0 spiro atoms. The van der Waals surface area contributed by atoms with Crippen LogP contribution in [0.1, 0.15) is 32.6 Å². The first kappa shape index (κ1) is 21.3. The van der Waals surface area contributed by atoms with Crippen molar-refractivity contribution in [1.82, 2.24) is 24.5 Å². The second-order valence-corrected chi connectivity index (χ2v) is 8.20. The minimum atomic E-state index is 0.202. The second kappa shape index (κ2) is 10.9. The van der Waals surface area contributed by atoms with Crippen molar-refractivity contribution in [3.05, 3.63) is 18.5 Å². The van der Waals surface area contributed by atoms with Crippen molar-refractivity contribution in [1.29, 1.82) is 0 Å². The maximum atomic E-state index is 13.1. The number of rotatable bonds is 10. The van der Waals surface area contributed by atoms with E-state index >= 15 is 0 Å². The maximum Gasteiger partial charge on any atom is 0.244 e. The summed E-state index contributed by atoms with van der Waals surface area (Å²) in [7, 11) is 1.76. The number of aromatic nitrogens is 2. The molecule has 7 heteroatoms. The molecule has 0 aliphatic carbocycles. The number of likely N-dealkylation sites (tertiary alicyclic amines) is 2. The Morgan fingerprint density at radius 2 is 2.04 bits per heavy atom. The van der Waals surface area contributed by atoms with Crippen molar-refractivity contribution in [2.75, 3.05) is 59.5 Å². The molecule has 0 aromatic carbocycles. The number of likely N-dealkylation sites (N-methyl/N-ethyl adjacent to an activating group) is 1. The molecule has 3 heterocycles. The van der Waals surface area contributed by atoms with Crippen LogP contribution < -0.4 is 0 Å². The SMILES string of the molecule is CCN1CCCC1CN(CC1CCN(CCOC)CC1)C(=O)Cn1cccn1. The first-order chi connectivity index (χ1) is 13.7. The fraction of sp³-hybridized carbons (Fsp3) is 0.810. The summed E-state index contributed by atoms with van der Waals surface area (Å²) in [5, 5.41) is 4.23. The Labute approximate surface area is 169 Å². The highest BCUT2D eigenvalue weighted by Crippen LogP contribution is 2.22. The summed E-state index contributed by atoms with van der Waals surface area (Å²) in [6.45, 7) is 10.6. The van der Waals surface area contributed by atoms with Crippen LogP contribution in [0.5, 0.6) is 0 Å². The lowest BCUT2D eigenvalue weighted by Crippen LogP contribution is -2.47. The van der Waals surface area contributed by atoms with Crippen LogP contribution in [0.15, 0.2) is 18.5 Å². The van der Waals surface area contributed by atoms with Crippen LogP contribution in [0.25, 0.3) is 0 Å². The van der Waals surface area contributed by atoms with Crippen molar-refractivity contribution >= 4 is 5.91 Å². The van der Waals surface area contributed by atoms with E-state index in [9.17, 15) is 4.79 Å². The third-order valence-corrected chi connectivity index (χ3v) is 6.34. The smallest absolute Gasteiger partial charge is 0.244 e. The van der Waals surface area contributed by atoms with E-state index < -0.39 is 0 Å². The number of amides is 1. The average molecular weight is 392 g/mol. The maximum absolute atomic E-state index is 13.1. The standard InChI is InChI=1S/C21H37N5O2/c1-3-24-10-4-6-20(24)17-25(21(27)18-26-11-5-9-22-26)16-19-7-12-23(13-8-19)14-15-28-2/h5,9,11,19-20H,3-4,6-8,10,12-18H2,1-2H3. The van der Waals surface area contributed by atoms with Gasteiger partial charge in [-0.25, -0.2) is 0 Å². The van der Waals surface area contributed by atoms with E-state index in [1.54, 1.807) is 18.0 Å². The van der Waals surface area contributed by atoms with E-state index in [0.29, 0.717) is 18.5 Å². The lowest BCUT2D eigenvalue weighted by atomic mass is 9.95. The number of piperidine rings is 1. The highest BCUT2D eigenvalue weighted by atomic mass is 16.5. The summed E-state index contributed by atoms with van der Waals surface area (Å²) >= 11 is 0. The summed E-state index contributed by atoms with van der Waals surface area (Å²) < 4.78 is 6.95. The molecule has 0 radical (unpaired) electrons. The molecule has 0 bridgehead atoms. The largest absolute Gasteiger partial charge is 0.383 e. The lowest BCUT2D eigenvalue weighted by Gasteiger charge is -2.36. The number of nitrogens with zero attached hydrogens (tertiary/aromatic N) is 5. The molecule has 1 aromatic rings. The van der Waals surface area contributed by atoms with E-state index in [1.807, 2.05) is 12.3 Å². The van der Waals surface area contributed by atoms with Gasteiger partial charge >= 0.3 is 0 Å². The molecule has 0 N–H and O–H groups in total. The lowest BCUT2D eigenvalue weighted by molar-refractivity contribution is -0.133. The van der Waals surface area contributed by atoms with Gasteiger partial charge in [0.05, 0.1) is 6.61 Å². The van der Waals surface area contributed by atoms with Gasteiger partial charge in [-0.1, -0.05) is 6.92 Å². The molecule has 1 unspecified atom stereocenters. The highest BCUT2D eigenvalue weighted by Gasteiger charge is 2.29. The Morgan fingerprint density at radius 1 is 1.21 bits per heavy atom. The van der Waals surface area contributed by atoms with Gasteiger partial charge in [-0.15, -0.1) is 0 Å². The number of ether oxygens (including phenoxy) is 1. The summed E-state index contributed by atoms with van der Waals surface area (Å²) in [4.78, 5) is 20.2. The van der Waals surface area contributed by atoms with Crippen LogP contribution in [0, 0.1) is 5.92 Å². The minimum Gasteiger partial charge on any atom is -0.383 e. The zero-order valence-corrected chi connectivity index (χ0v) is 17.6. The van der Waals surface area contributed by atoms with E-state index in [0.717, 1.165) is 58.7 Å². The summed E-state index contributed by atoms with van der Waals surface area (Å²) in [6.07, 6.45) is 8.39. The van der Waals surface area contributed by atoms with Gasteiger partial charge in [-0.05, 0) is 63.8 Å². The number of carbonyl (C=O) groups excluding carboxylic acids is 1. The van der Waals surface area contributed by atoms with Crippen LogP contribution in [-0.4, -0.2) is 96.0 Å². The zero-order valence-electron chi connectivity index (χ0n) is 17.6. The third-order valence-electron chi connectivity index (χ3n) is 6.34. The number of hydrogen-bond donors (Lipinski definition) is 0. The molecule has 1 atom stereocenters. The molecule has 0 saturated carbocycles. The zero-order chi connectivity index (χ0) is 19.8. The van der Waals surface area contributed by atoms with Gasteiger partial charge in [-0.3, -0.25) is 14.4 Å². The molecule has 3 rings (SSSR count). The first-order valence-corrected chi connectivity index (χ1v) is 10.9. The molecule has 2 saturated heterocycles. The van der Waals surface area contributed by atoms with Crippen molar-refractivity contribution in [3.63, 3.8) is 0 Å². The van der Waals surface area contributed by atoms with Crippen molar-refractivity contribution in [2.24, 2.45) is 5.92 Å². The van der Waals surface area contributed by atoms with Crippen LogP contribution in [0.2, 0.25) is 0 Å². The van der Waals surface area contributed by atoms with Crippen molar-refractivity contribution in [2.45, 2.75) is 45.2 Å². The fourth-order valence-corrected chi connectivity index (χ4v) is 4.61. The molecule has 1 amide bonds. The van der Waals surface area contributed by atoms with E-state index in [2.05, 4.69) is 26.7 Å². The van der Waals surface area contributed by atoms with Crippen molar-refractivity contribution in [3.8, 4) is 0 Å². The number of hydrogen-bond acceptors (Lipinski definition) is 5. The molecule has 158 valence electrons. The van der Waals surface area contributed by atoms with Gasteiger partial charge in [0.1, 0.15) is 6.54 Å². The fourth-order valence-electron chi connectivity index (χ4n) is 4.61. The van der Waals surface area contributed by atoms with Gasteiger partial charge in [-0.2, -0.15) is 5.10 Å². The molecule has 2 fully saturated rings. The molecule has 1 aromatic heterocycles. The van der Waals surface area contributed by atoms with E-state index in [-0.39, 0.29) is 5.91 Å². The van der Waals surface area contributed by atoms with Crippen molar-refractivity contribution < 1.29 is 9.53 Å². The Balaban J connectivity index is 1.57. The molecular weight excluding hydrogens is 354 g/mol. The topological polar surface area (TPSA) is 53.8 Å². The second-order valence-electron chi connectivity index (χ2n) is 8.20. The Bertz CT molecular complexity index is 571. The molecule has 7 nitrogen and oxygen atoms in total. The van der Waals surface area contributed by atoms with E-state index in [4.69, 9.17) is 4.74 Å². The van der Waals surface area contributed by atoms with Gasteiger partial charge < -0.3 is 14.5 Å². The van der Waals surface area contributed by atoms with Crippen LogP contribution in [0.4, 0.5) is 0 Å². The first-order valence-electron chi connectivity index (χ1n) is 10.9. The van der Waals surface area contributed by atoms with Crippen LogP contribution in [0.3, 0.4) is 0 Å². The van der Waals surface area contributed by atoms with Gasteiger partial charge in [0.2, 0.25) is 5.91 Å². The Kier molecular flexibility index (Phi) is 8.30. The van der Waals surface area contributed by atoms with E-state index in [1.165, 1.54) is 19.4 Å². The summed E-state index contributed by atoms with van der Waals surface area (Å²) in [5.41, 5.74) is 0. The average Bonchev–Trinajstić information content (AvgIpc) is 3.38. The minimum absolute atomic E-state index is 0.202. The predicted octanol–water partition coefficient (Wildman–Crippen LogP) is 1.55. The molecule has 2 aliphatic heterocycles. The quantitative estimate of drug-likeness (QED) is 0.606. The number of carbonyl (C=O) groups is 1. The third kappa shape index (κ3) is 6.03. The predicted molar refractivity (Wildman–Crippen MR) is 110 cm³/mol. The molecule has 2 aliphatic rings. The van der Waals surface area contributed by atoms with Gasteiger partial charge in [0, 0.05) is 45.2 Å². The summed E-state index contributed by atoms with van der Waals surface area (Å²) in [6, 6.07) is 2.39. The van der Waals surface area contributed by atoms with Crippen LogP contribution in [-0.2, 0) is 16.1 Å².